The highest BCUT2D eigenvalue weighted by Gasteiger charge is 2.18. The van der Waals surface area contributed by atoms with Gasteiger partial charge in [0.2, 0.25) is 0 Å². The summed E-state index contributed by atoms with van der Waals surface area (Å²) in [6.45, 7) is 6.51. The molecule has 0 bridgehead atoms. The average Bonchev–Trinajstić information content (AvgIpc) is 2.95. The molecule has 1 heterocycles. The predicted molar refractivity (Wildman–Crippen MR) is 107 cm³/mol. The van der Waals surface area contributed by atoms with E-state index in [0.29, 0.717) is 12.1 Å². The molecule has 0 aliphatic carbocycles. The van der Waals surface area contributed by atoms with Gasteiger partial charge in [0.05, 0.1) is 22.6 Å². The number of thioether (sulfide) groups is 1. The number of amides is 1. The van der Waals surface area contributed by atoms with Crippen LogP contribution in [0.4, 0.5) is 0 Å². The number of hydrogen-bond acceptors (Lipinski definition) is 3. The standard InChI is InChI=1S/C21H23N3OS/c1-15-9-11-19(12-10-15)26-14-13-22-21(25)20-16(2)23-24(17(20)3)18-7-5-4-6-8-18/h4-12H,13-14H2,1-3H3,(H,22,25). The minimum atomic E-state index is -0.0633. The lowest BCUT2D eigenvalue weighted by Gasteiger charge is -2.07. The molecule has 1 N–H and O–H groups in total. The summed E-state index contributed by atoms with van der Waals surface area (Å²) in [5.74, 6) is 0.770. The molecule has 0 aliphatic heterocycles. The van der Waals surface area contributed by atoms with Crippen LogP contribution < -0.4 is 5.32 Å². The summed E-state index contributed by atoms with van der Waals surface area (Å²) in [4.78, 5) is 13.8. The molecule has 1 amide bonds. The fourth-order valence-electron chi connectivity index (χ4n) is 2.85. The Bertz CT molecular complexity index is 886. The molecule has 0 fully saturated rings. The van der Waals surface area contributed by atoms with Crippen molar-refractivity contribution in [2.45, 2.75) is 25.7 Å². The maximum atomic E-state index is 12.6. The van der Waals surface area contributed by atoms with Gasteiger partial charge in [-0.1, -0.05) is 35.9 Å². The number of rotatable bonds is 6. The lowest BCUT2D eigenvalue weighted by molar-refractivity contribution is 0.0955. The van der Waals surface area contributed by atoms with E-state index in [4.69, 9.17) is 0 Å². The lowest BCUT2D eigenvalue weighted by Crippen LogP contribution is -2.26. The molecule has 0 radical (unpaired) electrons. The van der Waals surface area contributed by atoms with Gasteiger partial charge in [-0.25, -0.2) is 4.68 Å². The van der Waals surface area contributed by atoms with Crippen LogP contribution in [0.5, 0.6) is 0 Å². The van der Waals surface area contributed by atoms with Gasteiger partial charge in [-0.05, 0) is 45.0 Å². The molecule has 0 spiro atoms. The molecule has 2 aromatic carbocycles. The monoisotopic (exact) mass is 365 g/mol. The first-order valence-corrected chi connectivity index (χ1v) is 9.64. The number of carbonyl (C=O) groups excluding carboxylic acids is 1. The minimum absolute atomic E-state index is 0.0633. The third kappa shape index (κ3) is 4.17. The number of para-hydroxylation sites is 1. The molecule has 5 heteroatoms. The van der Waals surface area contributed by atoms with Crippen LogP contribution in [0.2, 0.25) is 0 Å². The normalized spacial score (nSPS) is 10.7. The van der Waals surface area contributed by atoms with Crippen LogP contribution in [0.25, 0.3) is 5.69 Å². The predicted octanol–water partition coefficient (Wildman–Crippen LogP) is 4.32. The van der Waals surface area contributed by atoms with Crippen molar-refractivity contribution in [2.75, 3.05) is 12.3 Å². The van der Waals surface area contributed by atoms with Gasteiger partial charge in [-0.3, -0.25) is 4.79 Å². The summed E-state index contributed by atoms with van der Waals surface area (Å²) in [6, 6.07) is 18.3. The summed E-state index contributed by atoms with van der Waals surface area (Å²) in [5, 5.41) is 7.55. The number of nitrogens with zero attached hydrogens (tertiary/aromatic N) is 2. The van der Waals surface area contributed by atoms with Gasteiger partial charge in [0, 0.05) is 17.2 Å². The SMILES string of the molecule is Cc1ccc(SCCNC(=O)c2c(C)nn(-c3ccccc3)c2C)cc1. The third-order valence-corrected chi connectivity index (χ3v) is 5.21. The highest BCUT2D eigenvalue weighted by atomic mass is 32.2. The Morgan fingerprint density at radius 2 is 1.73 bits per heavy atom. The van der Waals surface area contributed by atoms with Crippen LogP contribution in [-0.4, -0.2) is 28.0 Å². The van der Waals surface area contributed by atoms with Crippen molar-refractivity contribution in [3.05, 3.63) is 77.1 Å². The maximum absolute atomic E-state index is 12.6. The van der Waals surface area contributed by atoms with Crippen molar-refractivity contribution in [2.24, 2.45) is 0 Å². The van der Waals surface area contributed by atoms with Gasteiger partial charge in [0.25, 0.3) is 5.91 Å². The van der Waals surface area contributed by atoms with E-state index in [1.807, 2.05) is 48.9 Å². The van der Waals surface area contributed by atoms with E-state index in [0.717, 1.165) is 22.8 Å². The van der Waals surface area contributed by atoms with E-state index in [9.17, 15) is 4.79 Å². The quantitative estimate of drug-likeness (QED) is 0.523. The first kappa shape index (κ1) is 18.3. The van der Waals surface area contributed by atoms with E-state index in [1.165, 1.54) is 10.5 Å². The van der Waals surface area contributed by atoms with Crippen LogP contribution in [0.1, 0.15) is 27.3 Å². The van der Waals surface area contributed by atoms with Crippen molar-refractivity contribution in [1.82, 2.24) is 15.1 Å². The van der Waals surface area contributed by atoms with Crippen molar-refractivity contribution in [3.8, 4) is 5.69 Å². The highest BCUT2D eigenvalue weighted by Crippen LogP contribution is 2.19. The smallest absolute Gasteiger partial charge is 0.255 e. The lowest BCUT2D eigenvalue weighted by atomic mass is 10.2. The second-order valence-electron chi connectivity index (χ2n) is 6.21. The Labute approximate surface area is 158 Å². The molecule has 0 saturated heterocycles. The summed E-state index contributed by atoms with van der Waals surface area (Å²) in [6.07, 6.45) is 0. The van der Waals surface area contributed by atoms with Crippen molar-refractivity contribution >= 4 is 17.7 Å². The van der Waals surface area contributed by atoms with Crippen LogP contribution >= 0.6 is 11.8 Å². The molecule has 0 atom stereocenters. The number of aromatic nitrogens is 2. The molecule has 0 unspecified atom stereocenters. The van der Waals surface area contributed by atoms with Gasteiger partial charge in [-0.2, -0.15) is 5.10 Å². The van der Waals surface area contributed by atoms with Gasteiger partial charge in [0.1, 0.15) is 0 Å². The molecule has 3 aromatic rings. The first-order valence-electron chi connectivity index (χ1n) is 8.65. The minimum Gasteiger partial charge on any atom is -0.351 e. The number of carbonyl (C=O) groups is 1. The zero-order valence-electron chi connectivity index (χ0n) is 15.3. The molecule has 134 valence electrons. The van der Waals surface area contributed by atoms with Crippen molar-refractivity contribution < 1.29 is 4.79 Å². The molecule has 4 nitrogen and oxygen atoms in total. The summed E-state index contributed by atoms with van der Waals surface area (Å²) < 4.78 is 1.82. The Hall–Kier alpha value is -2.53. The zero-order valence-corrected chi connectivity index (χ0v) is 16.1. The van der Waals surface area contributed by atoms with Crippen molar-refractivity contribution in [1.29, 1.82) is 0 Å². The molecule has 26 heavy (non-hydrogen) atoms. The first-order chi connectivity index (χ1) is 12.6. The van der Waals surface area contributed by atoms with Crippen molar-refractivity contribution in [3.63, 3.8) is 0 Å². The molecule has 0 aliphatic rings. The van der Waals surface area contributed by atoms with E-state index < -0.39 is 0 Å². The van der Waals surface area contributed by atoms with E-state index >= 15 is 0 Å². The topological polar surface area (TPSA) is 46.9 Å². The Balaban J connectivity index is 1.61. The third-order valence-electron chi connectivity index (χ3n) is 4.20. The van der Waals surface area contributed by atoms with E-state index in [1.54, 1.807) is 11.8 Å². The summed E-state index contributed by atoms with van der Waals surface area (Å²) in [7, 11) is 0. The number of benzene rings is 2. The molecular formula is C21H23N3OS. The van der Waals surface area contributed by atoms with Crippen LogP contribution in [0, 0.1) is 20.8 Å². The average molecular weight is 366 g/mol. The Morgan fingerprint density at radius 3 is 2.42 bits per heavy atom. The highest BCUT2D eigenvalue weighted by molar-refractivity contribution is 7.99. The second-order valence-corrected chi connectivity index (χ2v) is 7.38. The number of nitrogens with one attached hydrogen (secondary N) is 1. The summed E-state index contributed by atoms with van der Waals surface area (Å²) in [5.41, 5.74) is 4.48. The van der Waals surface area contributed by atoms with E-state index in [2.05, 4.69) is 41.6 Å². The number of hydrogen-bond donors (Lipinski definition) is 1. The van der Waals surface area contributed by atoms with Crippen LogP contribution in [-0.2, 0) is 0 Å². The molecule has 1 aromatic heterocycles. The molecule has 0 saturated carbocycles. The fraction of sp³-hybridized carbons (Fsp3) is 0.238. The second kappa shape index (κ2) is 8.23. The van der Waals surface area contributed by atoms with Crippen LogP contribution in [0.15, 0.2) is 59.5 Å². The van der Waals surface area contributed by atoms with Gasteiger partial charge in [0.15, 0.2) is 0 Å². The molecular weight excluding hydrogens is 342 g/mol. The molecule has 3 rings (SSSR count). The Morgan fingerprint density at radius 1 is 1.04 bits per heavy atom. The zero-order chi connectivity index (χ0) is 18.5. The summed E-state index contributed by atoms with van der Waals surface area (Å²) >= 11 is 1.74. The Kier molecular flexibility index (Phi) is 5.78. The number of aryl methyl sites for hydroxylation is 2. The van der Waals surface area contributed by atoms with Gasteiger partial charge in [-0.15, -0.1) is 11.8 Å². The largest absolute Gasteiger partial charge is 0.351 e. The fourth-order valence-corrected chi connectivity index (χ4v) is 3.62. The maximum Gasteiger partial charge on any atom is 0.255 e. The van der Waals surface area contributed by atoms with Crippen LogP contribution in [0.3, 0.4) is 0 Å². The van der Waals surface area contributed by atoms with E-state index in [-0.39, 0.29) is 5.91 Å². The van der Waals surface area contributed by atoms with Gasteiger partial charge >= 0.3 is 0 Å². The van der Waals surface area contributed by atoms with Gasteiger partial charge < -0.3 is 5.32 Å².